The first-order valence-corrected chi connectivity index (χ1v) is 17.7. The maximum Gasteiger partial charge on any atom is 0.328 e. The van der Waals surface area contributed by atoms with Gasteiger partial charge in [0.1, 0.15) is 0 Å². The second-order valence-corrected chi connectivity index (χ2v) is 20.6. The molecule has 0 atom stereocenters. The van der Waals surface area contributed by atoms with Crippen molar-refractivity contribution in [2.75, 3.05) is 6.54 Å². The first-order valence-electron chi connectivity index (χ1n) is 8.32. The van der Waals surface area contributed by atoms with E-state index in [4.69, 9.17) is 13.3 Å². The molecule has 172 valence electrons. The third-order valence-electron chi connectivity index (χ3n) is 2.96. The van der Waals surface area contributed by atoms with Gasteiger partial charge < -0.3 is 18.7 Å². The fraction of sp³-hybridized carbons (Fsp3) is 0.789. The van der Waals surface area contributed by atoms with Crippen LogP contribution in [-0.4, -0.2) is 48.7 Å². The molecule has 0 aliphatic rings. The van der Waals surface area contributed by atoms with E-state index in [1.165, 1.54) is 0 Å². The van der Waals surface area contributed by atoms with Crippen LogP contribution in [0.5, 0.6) is 0 Å². The Morgan fingerprint density at radius 3 is 1.79 bits per heavy atom. The van der Waals surface area contributed by atoms with Gasteiger partial charge in [-0.15, -0.1) is 0 Å². The van der Waals surface area contributed by atoms with Crippen molar-refractivity contribution in [3.63, 3.8) is 0 Å². The van der Waals surface area contributed by atoms with Crippen molar-refractivity contribution in [2.45, 2.75) is 94.4 Å². The van der Waals surface area contributed by atoms with Gasteiger partial charge in [-0.25, -0.2) is 4.79 Å². The van der Waals surface area contributed by atoms with Crippen molar-refractivity contribution >= 4 is 37.1 Å². The lowest BCUT2D eigenvalue weighted by Crippen LogP contribution is -2.51. The SMILES string of the molecule is C.C.C.C.C[Si](C)(C)O[Si](C)(C)O[Si](C)(C)CCCCNC(=O)C=CC(=O)O. The molecule has 0 heterocycles. The van der Waals surface area contributed by atoms with Crippen molar-refractivity contribution in [2.24, 2.45) is 0 Å². The molecular weight excluding hydrogens is 406 g/mol. The molecule has 0 rings (SSSR count). The molecule has 2 N–H and O–H groups in total. The van der Waals surface area contributed by atoms with Crippen molar-refractivity contribution in [3.05, 3.63) is 12.2 Å². The van der Waals surface area contributed by atoms with Crippen LogP contribution >= 0.6 is 0 Å². The fourth-order valence-corrected chi connectivity index (χ4v) is 15.8. The first-order chi connectivity index (χ1) is 10.7. The van der Waals surface area contributed by atoms with E-state index in [2.05, 4.69) is 51.1 Å². The number of nitrogens with one attached hydrogen (secondary N) is 1. The van der Waals surface area contributed by atoms with Crippen molar-refractivity contribution in [3.8, 4) is 0 Å². The van der Waals surface area contributed by atoms with Gasteiger partial charge in [0.05, 0.1) is 0 Å². The molecule has 6 nitrogen and oxygen atoms in total. The van der Waals surface area contributed by atoms with Crippen LogP contribution in [0.3, 0.4) is 0 Å². The second-order valence-electron chi connectivity index (χ2n) is 7.90. The largest absolute Gasteiger partial charge is 0.478 e. The number of carbonyl (C=O) groups excluding carboxylic acids is 1. The zero-order valence-corrected chi connectivity index (χ0v) is 19.1. The van der Waals surface area contributed by atoms with E-state index < -0.39 is 31.2 Å². The van der Waals surface area contributed by atoms with E-state index in [9.17, 15) is 9.59 Å². The third kappa shape index (κ3) is 23.3. The number of amides is 1. The van der Waals surface area contributed by atoms with Crippen LogP contribution in [0.4, 0.5) is 0 Å². The van der Waals surface area contributed by atoms with Gasteiger partial charge in [0.15, 0.2) is 16.6 Å². The van der Waals surface area contributed by atoms with Gasteiger partial charge in [0.25, 0.3) is 0 Å². The summed E-state index contributed by atoms with van der Waals surface area (Å²) < 4.78 is 12.7. The highest BCUT2D eigenvalue weighted by Crippen LogP contribution is 2.24. The predicted molar refractivity (Wildman–Crippen MR) is 131 cm³/mol. The molecule has 0 saturated carbocycles. The van der Waals surface area contributed by atoms with Crippen LogP contribution in [0.15, 0.2) is 12.2 Å². The predicted octanol–water partition coefficient (Wildman–Crippen LogP) is 5.84. The maximum absolute atomic E-state index is 11.3. The van der Waals surface area contributed by atoms with Crippen LogP contribution in [0, 0.1) is 0 Å². The summed E-state index contributed by atoms with van der Waals surface area (Å²) in [6.45, 7) is 15.7. The maximum atomic E-state index is 11.3. The lowest BCUT2D eigenvalue weighted by Gasteiger charge is -2.37. The van der Waals surface area contributed by atoms with E-state index in [1.807, 2.05) is 0 Å². The Balaban J connectivity index is -0.000000441. The fourth-order valence-electron chi connectivity index (χ4n) is 2.57. The Kier molecular flexibility index (Phi) is 21.8. The molecule has 0 aromatic rings. The van der Waals surface area contributed by atoms with Gasteiger partial charge in [-0.05, 0) is 58.3 Å². The normalized spacial score (nSPS) is 11.4. The second kappa shape index (κ2) is 16.1. The Hall–Kier alpha value is -0.749. The Labute approximate surface area is 178 Å². The zero-order chi connectivity index (χ0) is 19.0. The Morgan fingerprint density at radius 1 is 0.857 bits per heavy atom. The molecule has 0 aromatic carbocycles. The monoisotopic (exact) mass is 455 g/mol. The molecule has 0 fully saturated rings. The number of unbranched alkanes of at least 4 members (excludes halogenated alkanes) is 1. The summed E-state index contributed by atoms with van der Waals surface area (Å²) in [4.78, 5) is 21.7. The van der Waals surface area contributed by atoms with Crippen molar-refractivity contribution in [1.29, 1.82) is 0 Å². The molecule has 1 amide bonds. The number of carbonyl (C=O) groups is 2. The molecule has 0 bridgehead atoms. The van der Waals surface area contributed by atoms with Gasteiger partial charge in [-0.3, -0.25) is 4.79 Å². The van der Waals surface area contributed by atoms with E-state index >= 15 is 0 Å². The number of aliphatic carboxylic acids is 1. The average Bonchev–Trinajstić information content (AvgIpc) is 2.31. The number of carboxylic acid groups (broad SMARTS) is 1. The first kappa shape index (κ1) is 37.9. The molecule has 9 heteroatoms. The van der Waals surface area contributed by atoms with Gasteiger partial charge in [-0.1, -0.05) is 36.1 Å². The zero-order valence-electron chi connectivity index (χ0n) is 16.1. The van der Waals surface area contributed by atoms with E-state index in [-0.39, 0.29) is 35.6 Å². The van der Waals surface area contributed by atoms with Crippen LogP contribution in [0.25, 0.3) is 0 Å². The molecule has 0 aliphatic heterocycles. The Bertz CT molecular complexity index is 461. The molecule has 0 aliphatic carbocycles. The minimum Gasteiger partial charge on any atom is -0.478 e. The molecule has 0 radical (unpaired) electrons. The smallest absolute Gasteiger partial charge is 0.328 e. The molecular formula is C19H49NO5Si3. The molecule has 0 spiro atoms. The number of hydrogen-bond acceptors (Lipinski definition) is 4. The summed E-state index contributed by atoms with van der Waals surface area (Å²) in [6.07, 6.45) is 3.69. The summed E-state index contributed by atoms with van der Waals surface area (Å²) in [6, 6.07) is 1.01. The van der Waals surface area contributed by atoms with Crippen molar-refractivity contribution < 1.29 is 22.9 Å². The number of rotatable bonds is 11. The minimum atomic E-state index is -2.09. The molecule has 0 unspecified atom stereocenters. The van der Waals surface area contributed by atoms with Crippen LogP contribution < -0.4 is 5.32 Å². The van der Waals surface area contributed by atoms with E-state index in [0.717, 1.165) is 31.0 Å². The highest BCUT2D eigenvalue weighted by molar-refractivity contribution is 6.87. The van der Waals surface area contributed by atoms with Crippen LogP contribution in [0.2, 0.25) is 51.9 Å². The quantitative estimate of drug-likeness (QED) is 0.232. The van der Waals surface area contributed by atoms with Crippen LogP contribution in [0.1, 0.15) is 42.5 Å². The summed E-state index contributed by atoms with van der Waals surface area (Å²) in [5.74, 6) is -1.50. The lowest BCUT2D eigenvalue weighted by atomic mass is 10.3. The summed E-state index contributed by atoms with van der Waals surface area (Å²) in [7, 11) is -5.49. The lowest BCUT2D eigenvalue weighted by molar-refractivity contribution is -0.131. The summed E-state index contributed by atoms with van der Waals surface area (Å²) >= 11 is 0. The minimum absolute atomic E-state index is 0. The average molecular weight is 456 g/mol. The van der Waals surface area contributed by atoms with Gasteiger partial charge in [0, 0.05) is 18.7 Å². The Morgan fingerprint density at radius 2 is 1.36 bits per heavy atom. The van der Waals surface area contributed by atoms with Gasteiger partial charge in [-0.2, -0.15) is 0 Å². The van der Waals surface area contributed by atoms with Crippen molar-refractivity contribution in [1.82, 2.24) is 5.32 Å². The highest BCUT2D eigenvalue weighted by atomic mass is 28.5. The summed E-state index contributed by atoms with van der Waals surface area (Å²) in [5.41, 5.74) is 0. The third-order valence-corrected chi connectivity index (χ3v) is 13.1. The molecule has 28 heavy (non-hydrogen) atoms. The number of carboxylic acids is 1. The van der Waals surface area contributed by atoms with Gasteiger partial charge in [0.2, 0.25) is 5.91 Å². The highest BCUT2D eigenvalue weighted by Gasteiger charge is 2.37. The topological polar surface area (TPSA) is 84.9 Å². The van der Waals surface area contributed by atoms with Gasteiger partial charge >= 0.3 is 14.5 Å². The van der Waals surface area contributed by atoms with E-state index in [1.54, 1.807) is 0 Å². The molecule has 0 saturated heterocycles. The number of hydrogen-bond donors (Lipinski definition) is 2. The summed E-state index contributed by atoms with van der Waals surface area (Å²) in [5, 5.41) is 11.1. The standard InChI is InChI=1S/C15H33NO5Si3.4CH4/c1-22(2,3)20-24(6,7)21-23(4,5)13-9-8-12-16-14(17)10-11-15(18)19;;;;/h10-11H,8-9,12-13H2,1-7H3,(H,16,17)(H,18,19);4*1H4. The van der Waals surface area contributed by atoms with E-state index in [0.29, 0.717) is 6.54 Å². The van der Waals surface area contributed by atoms with Crippen LogP contribution in [-0.2, 0) is 17.8 Å². The molecule has 0 aromatic heterocycles.